The van der Waals surface area contributed by atoms with E-state index in [-0.39, 0.29) is 11.8 Å². The number of hydrogen-bond acceptors (Lipinski definition) is 2. The van der Waals surface area contributed by atoms with Gasteiger partial charge in [-0.2, -0.15) is 0 Å². The van der Waals surface area contributed by atoms with Crippen LogP contribution in [0.4, 0.5) is 0 Å². The molecule has 0 aliphatic rings. The van der Waals surface area contributed by atoms with E-state index in [0.717, 1.165) is 5.52 Å². The number of carbonyl (C=O) groups is 1. The van der Waals surface area contributed by atoms with Crippen molar-refractivity contribution in [1.29, 1.82) is 0 Å². The summed E-state index contributed by atoms with van der Waals surface area (Å²) in [4.78, 5) is 19.8. The molecular formula is C22H19N3O. The molecule has 2 N–H and O–H groups in total. The molecule has 0 aliphatic carbocycles. The Labute approximate surface area is 151 Å². The standard InChI is InChI=1S/C22H19N3O/c26-22(17-9-6-12-23-13-17)25-14-19(16-7-2-1-3-8-16)20-15-24-21-11-5-4-10-18(20)21/h1-13,15,19,24H,14H2,(H,25,26)/t19-/m0/s1. The maximum Gasteiger partial charge on any atom is 0.252 e. The van der Waals surface area contributed by atoms with Crippen LogP contribution < -0.4 is 5.32 Å². The molecule has 4 rings (SSSR count). The van der Waals surface area contributed by atoms with Crippen molar-refractivity contribution in [2.45, 2.75) is 5.92 Å². The molecule has 1 atom stereocenters. The lowest BCUT2D eigenvalue weighted by molar-refractivity contribution is 0.0952. The molecule has 0 saturated heterocycles. The fraction of sp³-hybridized carbons (Fsp3) is 0.0909. The minimum absolute atomic E-state index is 0.0629. The van der Waals surface area contributed by atoms with Gasteiger partial charge in [0, 0.05) is 42.0 Å². The van der Waals surface area contributed by atoms with Gasteiger partial charge in [-0.1, -0.05) is 48.5 Å². The summed E-state index contributed by atoms with van der Waals surface area (Å²) in [5.41, 5.74) is 4.02. The molecule has 0 fully saturated rings. The zero-order chi connectivity index (χ0) is 17.8. The lowest BCUT2D eigenvalue weighted by Crippen LogP contribution is -2.28. The van der Waals surface area contributed by atoms with Crippen LogP contribution >= 0.6 is 0 Å². The lowest BCUT2D eigenvalue weighted by atomic mass is 9.91. The Kier molecular flexibility index (Phi) is 4.48. The number of nitrogens with zero attached hydrogens (tertiary/aromatic N) is 1. The summed E-state index contributed by atoms with van der Waals surface area (Å²) in [6.45, 7) is 0.513. The molecule has 4 aromatic rings. The number of nitrogens with one attached hydrogen (secondary N) is 2. The maximum absolute atomic E-state index is 12.5. The van der Waals surface area contributed by atoms with E-state index in [9.17, 15) is 4.79 Å². The van der Waals surface area contributed by atoms with Gasteiger partial charge in [-0.15, -0.1) is 0 Å². The summed E-state index contributed by atoms with van der Waals surface area (Å²) in [7, 11) is 0. The number of amides is 1. The zero-order valence-corrected chi connectivity index (χ0v) is 14.2. The van der Waals surface area contributed by atoms with Crippen LogP contribution in [-0.4, -0.2) is 22.4 Å². The van der Waals surface area contributed by atoms with Gasteiger partial charge >= 0.3 is 0 Å². The molecule has 2 aromatic heterocycles. The summed E-state index contributed by atoms with van der Waals surface area (Å²) < 4.78 is 0. The average molecular weight is 341 g/mol. The van der Waals surface area contributed by atoms with E-state index in [4.69, 9.17) is 0 Å². The molecule has 0 unspecified atom stereocenters. The van der Waals surface area contributed by atoms with Gasteiger partial charge < -0.3 is 10.3 Å². The molecule has 2 heterocycles. The minimum atomic E-state index is -0.112. The maximum atomic E-state index is 12.5. The van der Waals surface area contributed by atoms with E-state index in [0.29, 0.717) is 12.1 Å². The molecule has 26 heavy (non-hydrogen) atoms. The van der Waals surface area contributed by atoms with Crippen molar-refractivity contribution in [2.24, 2.45) is 0 Å². The summed E-state index contributed by atoms with van der Waals surface area (Å²) >= 11 is 0. The number of aromatic amines is 1. The van der Waals surface area contributed by atoms with Gasteiger partial charge in [0.15, 0.2) is 0 Å². The van der Waals surface area contributed by atoms with Crippen LogP contribution in [0.3, 0.4) is 0 Å². The molecule has 1 amide bonds. The van der Waals surface area contributed by atoms with E-state index in [2.05, 4.69) is 39.6 Å². The first-order chi connectivity index (χ1) is 12.8. The largest absolute Gasteiger partial charge is 0.361 e. The highest BCUT2D eigenvalue weighted by molar-refractivity contribution is 5.94. The highest BCUT2D eigenvalue weighted by Crippen LogP contribution is 2.30. The molecule has 0 saturated carbocycles. The number of hydrogen-bond donors (Lipinski definition) is 2. The molecule has 0 aliphatic heterocycles. The van der Waals surface area contributed by atoms with E-state index in [1.807, 2.05) is 36.5 Å². The number of H-pyrrole nitrogens is 1. The lowest BCUT2D eigenvalue weighted by Gasteiger charge is -2.18. The second-order valence-corrected chi connectivity index (χ2v) is 6.20. The Hall–Kier alpha value is -3.40. The number of carbonyl (C=O) groups excluding carboxylic acids is 1. The summed E-state index contributed by atoms with van der Waals surface area (Å²) in [5, 5.41) is 4.24. The van der Waals surface area contributed by atoms with Crippen LogP contribution in [0.5, 0.6) is 0 Å². The predicted molar refractivity (Wildman–Crippen MR) is 103 cm³/mol. The number of para-hydroxylation sites is 1. The minimum Gasteiger partial charge on any atom is -0.361 e. The van der Waals surface area contributed by atoms with Crippen LogP contribution in [0.1, 0.15) is 27.4 Å². The van der Waals surface area contributed by atoms with Crippen molar-refractivity contribution in [1.82, 2.24) is 15.3 Å². The molecule has 128 valence electrons. The van der Waals surface area contributed by atoms with Gasteiger partial charge in [0.2, 0.25) is 0 Å². The third-order valence-electron chi connectivity index (χ3n) is 4.59. The van der Waals surface area contributed by atoms with Crippen molar-refractivity contribution in [3.8, 4) is 0 Å². The molecule has 2 aromatic carbocycles. The van der Waals surface area contributed by atoms with Crippen molar-refractivity contribution < 1.29 is 4.79 Å². The highest BCUT2D eigenvalue weighted by atomic mass is 16.1. The highest BCUT2D eigenvalue weighted by Gasteiger charge is 2.19. The molecule has 0 spiro atoms. The Bertz CT molecular complexity index is 1010. The van der Waals surface area contributed by atoms with Crippen molar-refractivity contribution >= 4 is 16.8 Å². The first-order valence-electron chi connectivity index (χ1n) is 8.62. The molecule has 4 nitrogen and oxygen atoms in total. The number of pyridine rings is 1. The third kappa shape index (κ3) is 3.22. The van der Waals surface area contributed by atoms with Gasteiger partial charge in [-0.25, -0.2) is 0 Å². The van der Waals surface area contributed by atoms with Crippen LogP contribution in [0.15, 0.2) is 85.3 Å². The Morgan fingerprint density at radius 2 is 1.81 bits per heavy atom. The zero-order valence-electron chi connectivity index (χ0n) is 14.2. The van der Waals surface area contributed by atoms with Crippen molar-refractivity contribution in [3.05, 3.63) is 102 Å². The van der Waals surface area contributed by atoms with Gasteiger partial charge in [0.1, 0.15) is 0 Å². The summed E-state index contributed by atoms with van der Waals surface area (Å²) in [6, 6.07) is 22.0. The summed E-state index contributed by atoms with van der Waals surface area (Å²) in [6.07, 6.45) is 5.28. The van der Waals surface area contributed by atoms with E-state index in [1.165, 1.54) is 16.5 Å². The smallest absolute Gasteiger partial charge is 0.252 e. The van der Waals surface area contributed by atoms with Crippen LogP contribution in [0, 0.1) is 0 Å². The van der Waals surface area contributed by atoms with Gasteiger partial charge in [0.25, 0.3) is 5.91 Å². The van der Waals surface area contributed by atoms with E-state index in [1.54, 1.807) is 24.5 Å². The monoisotopic (exact) mass is 341 g/mol. The number of rotatable bonds is 5. The van der Waals surface area contributed by atoms with Crippen molar-refractivity contribution in [2.75, 3.05) is 6.54 Å². The number of benzene rings is 2. The molecule has 0 bridgehead atoms. The fourth-order valence-corrected chi connectivity index (χ4v) is 3.27. The first kappa shape index (κ1) is 16.1. The predicted octanol–water partition coefficient (Wildman–Crippen LogP) is 4.12. The van der Waals surface area contributed by atoms with Crippen LogP contribution in [0.2, 0.25) is 0 Å². The number of aromatic nitrogens is 2. The Morgan fingerprint density at radius 1 is 1.00 bits per heavy atom. The average Bonchev–Trinajstić information content (AvgIpc) is 3.14. The summed E-state index contributed by atoms with van der Waals surface area (Å²) in [5.74, 6) is -0.0492. The third-order valence-corrected chi connectivity index (χ3v) is 4.59. The van der Waals surface area contributed by atoms with Crippen molar-refractivity contribution in [3.63, 3.8) is 0 Å². The van der Waals surface area contributed by atoms with Gasteiger partial charge in [-0.05, 0) is 29.3 Å². The van der Waals surface area contributed by atoms with Crippen LogP contribution in [0.25, 0.3) is 10.9 Å². The molecule has 0 radical (unpaired) electrons. The van der Waals surface area contributed by atoms with Crippen LogP contribution in [-0.2, 0) is 0 Å². The molecular weight excluding hydrogens is 322 g/mol. The number of fused-ring (bicyclic) bond motifs is 1. The van der Waals surface area contributed by atoms with E-state index >= 15 is 0 Å². The Balaban J connectivity index is 1.65. The topological polar surface area (TPSA) is 57.8 Å². The SMILES string of the molecule is O=C(NC[C@@H](c1ccccc1)c1c[nH]c2ccccc12)c1cccnc1. The van der Waals surface area contributed by atoms with E-state index < -0.39 is 0 Å². The fourth-order valence-electron chi connectivity index (χ4n) is 3.27. The molecule has 4 heteroatoms. The van der Waals surface area contributed by atoms with Gasteiger partial charge in [0.05, 0.1) is 5.56 Å². The first-order valence-corrected chi connectivity index (χ1v) is 8.62. The van der Waals surface area contributed by atoms with Gasteiger partial charge in [-0.3, -0.25) is 9.78 Å². The quantitative estimate of drug-likeness (QED) is 0.573. The second kappa shape index (κ2) is 7.23. The second-order valence-electron chi connectivity index (χ2n) is 6.20. The normalized spacial score (nSPS) is 12.0. The Morgan fingerprint density at radius 3 is 2.62 bits per heavy atom.